The highest BCUT2D eigenvalue weighted by Gasteiger charge is 2.15. The Hall–Kier alpha value is -1.62. The first-order chi connectivity index (χ1) is 8.58. The van der Waals surface area contributed by atoms with E-state index in [-0.39, 0.29) is 18.3 Å². The third-order valence-corrected chi connectivity index (χ3v) is 2.40. The van der Waals surface area contributed by atoms with Crippen molar-refractivity contribution in [3.8, 4) is 5.75 Å². The average Bonchev–Trinajstić information content (AvgIpc) is 2.38. The first-order valence-corrected chi connectivity index (χ1v) is 5.92. The van der Waals surface area contributed by atoms with Gasteiger partial charge in [0.2, 0.25) is 0 Å². The number of aliphatic hydroxyl groups is 1. The second-order valence-corrected chi connectivity index (χ2v) is 3.97. The minimum Gasteiger partial charge on any atom is -0.478 e. The SMILES string of the molecule is CCCNC(=O)C(C)Oc1ccc(CO)cc1F. The molecule has 4 nitrogen and oxygen atoms in total. The van der Waals surface area contributed by atoms with Gasteiger partial charge in [0.05, 0.1) is 6.61 Å². The molecule has 18 heavy (non-hydrogen) atoms. The van der Waals surface area contributed by atoms with E-state index in [0.717, 1.165) is 6.42 Å². The van der Waals surface area contributed by atoms with Crippen molar-refractivity contribution in [3.05, 3.63) is 29.6 Å². The van der Waals surface area contributed by atoms with Gasteiger partial charge in [0.1, 0.15) is 0 Å². The maximum Gasteiger partial charge on any atom is 0.260 e. The fraction of sp³-hybridized carbons (Fsp3) is 0.462. The molecular weight excluding hydrogens is 237 g/mol. The van der Waals surface area contributed by atoms with Crippen molar-refractivity contribution in [2.75, 3.05) is 6.54 Å². The van der Waals surface area contributed by atoms with Crippen LogP contribution in [0.25, 0.3) is 0 Å². The molecule has 1 rings (SSSR count). The Bertz CT molecular complexity index is 409. The van der Waals surface area contributed by atoms with Gasteiger partial charge in [0.25, 0.3) is 5.91 Å². The van der Waals surface area contributed by atoms with E-state index in [1.807, 2.05) is 6.92 Å². The monoisotopic (exact) mass is 255 g/mol. The van der Waals surface area contributed by atoms with E-state index >= 15 is 0 Å². The van der Waals surface area contributed by atoms with Gasteiger partial charge >= 0.3 is 0 Å². The van der Waals surface area contributed by atoms with E-state index in [4.69, 9.17) is 9.84 Å². The van der Waals surface area contributed by atoms with Crippen LogP contribution in [0.4, 0.5) is 4.39 Å². The number of halogens is 1. The van der Waals surface area contributed by atoms with Crippen LogP contribution in [0.3, 0.4) is 0 Å². The number of aliphatic hydroxyl groups excluding tert-OH is 1. The zero-order valence-electron chi connectivity index (χ0n) is 10.6. The van der Waals surface area contributed by atoms with Crippen LogP contribution in [0.1, 0.15) is 25.8 Å². The zero-order valence-corrected chi connectivity index (χ0v) is 10.6. The Morgan fingerprint density at radius 2 is 2.28 bits per heavy atom. The van der Waals surface area contributed by atoms with Gasteiger partial charge in [-0.05, 0) is 31.0 Å². The summed E-state index contributed by atoms with van der Waals surface area (Å²) in [5.74, 6) is -0.856. The second kappa shape index (κ2) is 6.96. The number of hydrogen-bond acceptors (Lipinski definition) is 3. The molecule has 0 radical (unpaired) electrons. The summed E-state index contributed by atoms with van der Waals surface area (Å²) in [7, 11) is 0. The second-order valence-electron chi connectivity index (χ2n) is 3.97. The van der Waals surface area contributed by atoms with E-state index in [1.54, 1.807) is 13.0 Å². The van der Waals surface area contributed by atoms with Crippen LogP contribution >= 0.6 is 0 Å². The minimum atomic E-state index is -0.758. The summed E-state index contributed by atoms with van der Waals surface area (Å²) in [6.07, 6.45) is 0.0731. The molecule has 0 heterocycles. The summed E-state index contributed by atoms with van der Waals surface area (Å²) in [4.78, 5) is 11.5. The Morgan fingerprint density at radius 1 is 1.56 bits per heavy atom. The number of amides is 1. The molecule has 1 aromatic carbocycles. The van der Waals surface area contributed by atoms with Crippen molar-refractivity contribution in [2.24, 2.45) is 0 Å². The average molecular weight is 255 g/mol. The molecule has 0 aromatic heterocycles. The summed E-state index contributed by atoms with van der Waals surface area (Å²) < 4.78 is 18.8. The summed E-state index contributed by atoms with van der Waals surface area (Å²) >= 11 is 0. The zero-order chi connectivity index (χ0) is 13.5. The predicted molar refractivity (Wildman–Crippen MR) is 65.7 cm³/mol. The van der Waals surface area contributed by atoms with E-state index in [0.29, 0.717) is 12.1 Å². The molecule has 0 saturated heterocycles. The van der Waals surface area contributed by atoms with Gasteiger partial charge in [-0.2, -0.15) is 0 Å². The molecule has 0 bridgehead atoms. The highest BCUT2D eigenvalue weighted by atomic mass is 19.1. The lowest BCUT2D eigenvalue weighted by Gasteiger charge is -2.15. The van der Waals surface area contributed by atoms with E-state index in [2.05, 4.69) is 5.32 Å². The van der Waals surface area contributed by atoms with Crippen molar-refractivity contribution in [1.82, 2.24) is 5.32 Å². The molecule has 2 N–H and O–H groups in total. The number of carbonyl (C=O) groups excluding carboxylic acids is 1. The van der Waals surface area contributed by atoms with Crippen LogP contribution in [0.15, 0.2) is 18.2 Å². The molecule has 0 aliphatic carbocycles. The number of hydrogen-bond donors (Lipinski definition) is 2. The third kappa shape index (κ3) is 4.00. The Morgan fingerprint density at radius 3 is 2.83 bits per heavy atom. The number of rotatable bonds is 6. The van der Waals surface area contributed by atoms with E-state index in [1.165, 1.54) is 12.1 Å². The quantitative estimate of drug-likeness (QED) is 0.812. The first kappa shape index (κ1) is 14.4. The minimum absolute atomic E-state index is 0.00588. The lowest BCUT2D eigenvalue weighted by molar-refractivity contribution is -0.127. The molecule has 1 amide bonds. The van der Waals surface area contributed by atoms with Crippen molar-refractivity contribution in [1.29, 1.82) is 0 Å². The molecule has 1 aromatic rings. The van der Waals surface area contributed by atoms with Gasteiger partial charge < -0.3 is 15.2 Å². The molecule has 1 unspecified atom stereocenters. The first-order valence-electron chi connectivity index (χ1n) is 5.92. The Balaban J connectivity index is 2.64. The lowest BCUT2D eigenvalue weighted by atomic mass is 10.2. The van der Waals surface area contributed by atoms with Crippen LogP contribution in [0, 0.1) is 5.82 Å². The molecular formula is C13H18FNO3. The van der Waals surface area contributed by atoms with E-state index < -0.39 is 11.9 Å². The molecule has 0 aliphatic heterocycles. The fourth-order valence-corrected chi connectivity index (χ4v) is 1.37. The lowest BCUT2D eigenvalue weighted by Crippen LogP contribution is -2.36. The molecule has 0 aliphatic rings. The number of carbonyl (C=O) groups is 1. The summed E-state index contributed by atoms with van der Waals surface area (Å²) in [6.45, 7) is 3.84. The molecule has 5 heteroatoms. The van der Waals surface area contributed by atoms with Crippen LogP contribution in [0.5, 0.6) is 5.75 Å². The fourth-order valence-electron chi connectivity index (χ4n) is 1.37. The summed E-state index contributed by atoms with van der Waals surface area (Å²) in [6, 6.07) is 4.14. The van der Waals surface area contributed by atoms with Crippen LogP contribution in [-0.2, 0) is 11.4 Å². The standard InChI is InChI=1S/C13H18FNO3/c1-3-6-15-13(17)9(2)18-12-5-4-10(8-16)7-11(12)14/h4-5,7,9,16H,3,6,8H2,1-2H3,(H,15,17). The van der Waals surface area contributed by atoms with Gasteiger partial charge in [-0.15, -0.1) is 0 Å². The highest BCUT2D eigenvalue weighted by molar-refractivity contribution is 5.80. The van der Waals surface area contributed by atoms with E-state index in [9.17, 15) is 9.18 Å². The third-order valence-electron chi connectivity index (χ3n) is 2.40. The Labute approximate surface area is 106 Å². The number of benzene rings is 1. The van der Waals surface area contributed by atoms with Gasteiger partial charge in [-0.1, -0.05) is 13.0 Å². The van der Waals surface area contributed by atoms with Crippen molar-refractivity contribution in [2.45, 2.75) is 33.0 Å². The molecule has 100 valence electrons. The largest absolute Gasteiger partial charge is 0.478 e. The molecule has 0 spiro atoms. The van der Waals surface area contributed by atoms with Crippen molar-refractivity contribution < 1.29 is 19.0 Å². The predicted octanol–water partition coefficient (Wildman–Crippen LogP) is 1.61. The van der Waals surface area contributed by atoms with Crippen LogP contribution in [0.2, 0.25) is 0 Å². The van der Waals surface area contributed by atoms with Crippen molar-refractivity contribution in [3.63, 3.8) is 0 Å². The van der Waals surface area contributed by atoms with Gasteiger partial charge in [0.15, 0.2) is 17.7 Å². The molecule has 0 saturated carbocycles. The highest BCUT2D eigenvalue weighted by Crippen LogP contribution is 2.19. The summed E-state index contributed by atoms with van der Waals surface area (Å²) in [5, 5.41) is 11.5. The normalized spacial score (nSPS) is 12.0. The smallest absolute Gasteiger partial charge is 0.260 e. The number of ether oxygens (including phenoxy) is 1. The molecule has 1 atom stereocenters. The van der Waals surface area contributed by atoms with Crippen molar-refractivity contribution >= 4 is 5.91 Å². The van der Waals surface area contributed by atoms with Crippen LogP contribution < -0.4 is 10.1 Å². The molecule has 0 fully saturated rings. The van der Waals surface area contributed by atoms with Gasteiger partial charge in [-0.3, -0.25) is 4.79 Å². The summed E-state index contributed by atoms with van der Waals surface area (Å²) in [5.41, 5.74) is 0.461. The van der Waals surface area contributed by atoms with Crippen LogP contribution in [-0.4, -0.2) is 23.7 Å². The topological polar surface area (TPSA) is 58.6 Å². The number of nitrogens with one attached hydrogen (secondary N) is 1. The maximum absolute atomic E-state index is 13.5. The van der Waals surface area contributed by atoms with Gasteiger partial charge in [-0.25, -0.2) is 4.39 Å². The Kier molecular flexibility index (Phi) is 5.58. The maximum atomic E-state index is 13.5. The van der Waals surface area contributed by atoms with Gasteiger partial charge in [0, 0.05) is 6.54 Å².